The Bertz CT molecular complexity index is 661. The summed E-state index contributed by atoms with van der Waals surface area (Å²) in [7, 11) is 0. The number of anilines is 1. The molecular weight excluding hydrogens is 278 g/mol. The molecule has 0 aliphatic carbocycles. The number of rotatable bonds is 3. The Kier molecular flexibility index (Phi) is 3.36. The topological polar surface area (TPSA) is 56.3 Å². The van der Waals surface area contributed by atoms with Gasteiger partial charge in [-0.2, -0.15) is 0 Å². The second kappa shape index (κ2) is 5.17. The number of aromatic nitrogens is 2. The van der Waals surface area contributed by atoms with Gasteiger partial charge in [0.2, 0.25) is 6.79 Å². The van der Waals surface area contributed by atoms with E-state index in [1.54, 1.807) is 0 Å². The van der Waals surface area contributed by atoms with E-state index in [0.717, 1.165) is 34.0 Å². The van der Waals surface area contributed by atoms with E-state index in [0.29, 0.717) is 11.7 Å². The Morgan fingerprint density at radius 2 is 1.95 bits per heavy atom. The molecule has 0 bridgehead atoms. The van der Waals surface area contributed by atoms with Crippen LogP contribution in [0.15, 0.2) is 18.2 Å². The second-order valence-electron chi connectivity index (χ2n) is 4.63. The molecule has 0 unspecified atom stereocenters. The van der Waals surface area contributed by atoms with Crippen LogP contribution in [0.2, 0.25) is 5.15 Å². The van der Waals surface area contributed by atoms with Gasteiger partial charge < -0.3 is 14.8 Å². The first kappa shape index (κ1) is 13.0. The number of benzene rings is 1. The minimum absolute atomic E-state index is 0.285. The highest BCUT2D eigenvalue weighted by molar-refractivity contribution is 6.30. The van der Waals surface area contributed by atoms with Crippen molar-refractivity contribution >= 4 is 17.4 Å². The van der Waals surface area contributed by atoms with Crippen LogP contribution in [0.25, 0.3) is 0 Å². The molecule has 0 amide bonds. The third kappa shape index (κ3) is 2.36. The van der Waals surface area contributed by atoms with E-state index in [2.05, 4.69) is 15.5 Å². The minimum atomic E-state index is 0.285. The normalized spacial score (nSPS) is 12.6. The number of nitrogens with zero attached hydrogens (tertiary/aromatic N) is 2. The van der Waals surface area contributed by atoms with E-state index >= 15 is 0 Å². The van der Waals surface area contributed by atoms with Crippen molar-refractivity contribution in [3.63, 3.8) is 0 Å². The Balaban J connectivity index is 1.75. The molecule has 1 aromatic carbocycles. The number of hydrogen-bond donors (Lipinski definition) is 1. The summed E-state index contributed by atoms with van der Waals surface area (Å²) < 4.78 is 10.6. The maximum Gasteiger partial charge on any atom is 0.231 e. The van der Waals surface area contributed by atoms with Gasteiger partial charge in [-0.3, -0.25) is 0 Å². The standard InChI is InChI=1S/C14H14ClN3O2/c1-8-9(2)14(18-17-13(8)15)16-6-10-3-4-11-12(5-10)20-7-19-11/h3-5H,6-7H2,1-2H3,(H,16,18). The summed E-state index contributed by atoms with van der Waals surface area (Å²) in [5.74, 6) is 2.30. The van der Waals surface area contributed by atoms with E-state index in [9.17, 15) is 0 Å². The van der Waals surface area contributed by atoms with Gasteiger partial charge in [-0.05, 0) is 42.7 Å². The van der Waals surface area contributed by atoms with Gasteiger partial charge in [0, 0.05) is 6.54 Å². The van der Waals surface area contributed by atoms with Crippen molar-refractivity contribution in [2.45, 2.75) is 20.4 Å². The third-order valence-corrected chi connectivity index (χ3v) is 3.72. The maximum atomic E-state index is 5.94. The van der Waals surface area contributed by atoms with Gasteiger partial charge in [0.05, 0.1) is 0 Å². The minimum Gasteiger partial charge on any atom is -0.454 e. The van der Waals surface area contributed by atoms with Crippen LogP contribution in [-0.2, 0) is 6.54 Å². The maximum absolute atomic E-state index is 5.94. The third-order valence-electron chi connectivity index (χ3n) is 3.36. The highest BCUT2D eigenvalue weighted by Crippen LogP contribution is 2.32. The molecule has 0 atom stereocenters. The van der Waals surface area contributed by atoms with Gasteiger partial charge in [0.25, 0.3) is 0 Å². The van der Waals surface area contributed by atoms with Crippen molar-refractivity contribution in [3.05, 3.63) is 40.0 Å². The van der Waals surface area contributed by atoms with Crippen molar-refractivity contribution in [2.24, 2.45) is 0 Å². The molecule has 1 aromatic heterocycles. The highest BCUT2D eigenvalue weighted by Gasteiger charge is 2.13. The molecule has 3 rings (SSSR count). The lowest BCUT2D eigenvalue weighted by Crippen LogP contribution is -2.06. The Morgan fingerprint density at radius 1 is 1.15 bits per heavy atom. The second-order valence-corrected chi connectivity index (χ2v) is 4.99. The SMILES string of the molecule is Cc1c(Cl)nnc(NCc2ccc3c(c2)OCO3)c1C. The summed E-state index contributed by atoms with van der Waals surface area (Å²) in [6.45, 7) is 4.82. The fourth-order valence-corrected chi connectivity index (χ4v) is 2.16. The number of nitrogens with one attached hydrogen (secondary N) is 1. The molecule has 6 heteroatoms. The van der Waals surface area contributed by atoms with Crippen LogP contribution in [-0.4, -0.2) is 17.0 Å². The first-order valence-electron chi connectivity index (χ1n) is 6.27. The lowest BCUT2D eigenvalue weighted by molar-refractivity contribution is 0.174. The van der Waals surface area contributed by atoms with Crippen LogP contribution < -0.4 is 14.8 Å². The van der Waals surface area contributed by atoms with E-state index in [4.69, 9.17) is 21.1 Å². The van der Waals surface area contributed by atoms with Gasteiger partial charge in [-0.25, -0.2) is 0 Å². The highest BCUT2D eigenvalue weighted by atomic mass is 35.5. The average molecular weight is 292 g/mol. The molecule has 20 heavy (non-hydrogen) atoms. The van der Waals surface area contributed by atoms with Gasteiger partial charge in [0.1, 0.15) is 0 Å². The summed E-state index contributed by atoms with van der Waals surface area (Å²) >= 11 is 5.94. The Labute approximate surface area is 121 Å². The summed E-state index contributed by atoms with van der Waals surface area (Å²) in [6.07, 6.45) is 0. The Hall–Kier alpha value is -2.01. The zero-order valence-corrected chi connectivity index (χ0v) is 12.0. The molecule has 0 saturated carbocycles. The number of hydrogen-bond acceptors (Lipinski definition) is 5. The molecular formula is C14H14ClN3O2. The van der Waals surface area contributed by atoms with E-state index < -0.39 is 0 Å². The van der Waals surface area contributed by atoms with Crippen LogP contribution in [0.1, 0.15) is 16.7 Å². The number of ether oxygens (including phenoxy) is 2. The van der Waals surface area contributed by atoms with Crippen LogP contribution in [0.5, 0.6) is 11.5 Å². The van der Waals surface area contributed by atoms with Crippen LogP contribution >= 0.6 is 11.6 Å². The van der Waals surface area contributed by atoms with Crippen molar-refractivity contribution in [1.82, 2.24) is 10.2 Å². The summed E-state index contributed by atoms with van der Waals surface area (Å²) in [6, 6.07) is 5.86. The molecule has 5 nitrogen and oxygen atoms in total. The number of fused-ring (bicyclic) bond motifs is 1. The molecule has 2 heterocycles. The average Bonchev–Trinajstić information content (AvgIpc) is 2.91. The zero-order chi connectivity index (χ0) is 14.1. The molecule has 0 fully saturated rings. The van der Waals surface area contributed by atoms with E-state index in [1.807, 2.05) is 32.0 Å². The van der Waals surface area contributed by atoms with Gasteiger partial charge in [-0.15, -0.1) is 10.2 Å². The largest absolute Gasteiger partial charge is 0.454 e. The van der Waals surface area contributed by atoms with Gasteiger partial charge in [0.15, 0.2) is 22.5 Å². The zero-order valence-electron chi connectivity index (χ0n) is 11.2. The summed E-state index contributed by atoms with van der Waals surface area (Å²) in [4.78, 5) is 0. The molecule has 0 saturated heterocycles. The fourth-order valence-electron chi connectivity index (χ4n) is 1.98. The molecule has 0 radical (unpaired) electrons. The van der Waals surface area contributed by atoms with Crippen LogP contribution in [0, 0.1) is 13.8 Å². The van der Waals surface area contributed by atoms with Crippen molar-refractivity contribution < 1.29 is 9.47 Å². The molecule has 1 aliphatic heterocycles. The predicted octanol–water partition coefficient (Wildman–Crippen LogP) is 3.09. The monoisotopic (exact) mass is 291 g/mol. The molecule has 2 aromatic rings. The van der Waals surface area contributed by atoms with Crippen LogP contribution in [0.3, 0.4) is 0 Å². The lowest BCUT2D eigenvalue weighted by atomic mass is 10.1. The first-order chi connectivity index (χ1) is 9.65. The quantitative estimate of drug-likeness (QED) is 0.942. The van der Waals surface area contributed by atoms with Crippen molar-refractivity contribution in [1.29, 1.82) is 0 Å². The molecule has 1 aliphatic rings. The van der Waals surface area contributed by atoms with Crippen molar-refractivity contribution in [2.75, 3.05) is 12.1 Å². The molecule has 104 valence electrons. The van der Waals surface area contributed by atoms with Gasteiger partial charge >= 0.3 is 0 Å². The van der Waals surface area contributed by atoms with Crippen molar-refractivity contribution in [3.8, 4) is 11.5 Å². The van der Waals surface area contributed by atoms with E-state index in [-0.39, 0.29) is 6.79 Å². The van der Waals surface area contributed by atoms with E-state index in [1.165, 1.54) is 0 Å². The summed E-state index contributed by atoms with van der Waals surface area (Å²) in [5.41, 5.74) is 3.03. The van der Waals surface area contributed by atoms with Gasteiger partial charge in [-0.1, -0.05) is 17.7 Å². The fraction of sp³-hybridized carbons (Fsp3) is 0.286. The predicted molar refractivity (Wildman–Crippen MR) is 76.4 cm³/mol. The van der Waals surface area contributed by atoms with Crippen LogP contribution in [0.4, 0.5) is 5.82 Å². The molecule has 0 spiro atoms. The Morgan fingerprint density at radius 3 is 2.80 bits per heavy atom. The first-order valence-corrected chi connectivity index (χ1v) is 6.64. The molecule has 1 N–H and O–H groups in total. The smallest absolute Gasteiger partial charge is 0.231 e. The lowest BCUT2D eigenvalue weighted by Gasteiger charge is -2.10. The number of halogens is 1. The summed E-state index contributed by atoms with van der Waals surface area (Å²) in [5, 5.41) is 11.7.